The number of rotatable bonds is 15. The van der Waals surface area contributed by atoms with Crippen LogP contribution < -0.4 is 24.2 Å². The van der Waals surface area contributed by atoms with Gasteiger partial charge in [0.25, 0.3) is 0 Å². The summed E-state index contributed by atoms with van der Waals surface area (Å²) in [5, 5.41) is 2.84. The Morgan fingerprint density at radius 1 is 1.04 bits per heavy atom. The van der Waals surface area contributed by atoms with Crippen molar-refractivity contribution in [2.45, 2.75) is 43.8 Å². The highest BCUT2D eigenvalue weighted by Gasteiger charge is 2.27. The summed E-state index contributed by atoms with van der Waals surface area (Å²) < 4.78 is 75.5. The highest BCUT2D eigenvalue weighted by molar-refractivity contribution is 7.89. The Morgan fingerprint density at radius 3 is 2.36 bits per heavy atom. The molecule has 1 aliphatic carbocycles. The first-order valence-corrected chi connectivity index (χ1v) is 15.7. The standard InChI is InChI=1S/C29H29Cl2F2N3O8S/c1-16(37)36-23-10-19(6-8-24(23)41-2)45(39,40)35-14-28(38)43-26(11-20-21(30)12-34-13-22(20)31)18-5-7-25(44-29(32)33)27(9-18)42-15-17-3-4-17/h5-10,12-13,17,26,29,35H,3-4,11,14-15H2,1-2H3,(H,36,37)/t26-/m0/s1. The van der Waals surface area contributed by atoms with Crippen molar-refractivity contribution in [3.63, 3.8) is 0 Å². The maximum atomic E-state index is 13.1. The minimum Gasteiger partial charge on any atom is -0.495 e. The number of nitrogens with one attached hydrogen (secondary N) is 2. The zero-order valence-electron chi connectivity index (χ0n) is 24.0. The summed E-state index contributed by atoms with van der Waals surface area (Å²) >= 11 is 12.6. The molecule has 1 fully saturated rings. The smallest absolute Gasteiger partial charge is 0.387 e. The number of anilines is 1. The lowest BCUT2D eigenvalue weighted by molar-refractivity contribution is -0.148. The fourth-order valence-electron chi connectivity index (χ4n) is 4.15. The van der Waals surface area contributed by atoms with E-state index in [1.165, 1.54) is 62.8 Å². The number of hydrogen-bond donors (Lipinski definition) is 2. The van der Waals surface area contributed by atoms with Crippen molar-refractivity contribution in [3.05, 3.63) is 70.0 Å². The van der Waals surface area contributed by atoms with Gasteiger partial charge in [-0.1, -0.05) is 29.3 Å². The molecular weight excluding hydrogens is 659 g/mol. The third-order valence-corrected chi connectivity index (χ3v) is 8.59. The van der Waals surface area contributed by atoms with Gasteiger partial charge >= 0.3 is 12.6 Å². The Kier molecular flexibility index (Phi) is 11.4. The molecule has 1 amide bonds. The number of benzene rings is 2. The second-order valence-corrected chi connectivity index (χ2v) is 12.6. The Hall–Kier alpha value is -3.72. The van der Waals surface area contributed by atoms with E-state index in [9.17, 15) is 26.8 Å². The topological polar surface area (TPSA) is 142 Å². The van der Waals surface area contributed by atoms with Crippen LogP contribution >= 0.6 is 23.2 Å². The van der Waals surface area contributed by atoms with Crippen LogP contribution in [-0.4, -0.2) is 52.2 Å². The molecule has 0 spiro atoms. The Balaban J connectivity index is 1.57. The molecule has 16 heteroatoms. The second kappa shape index (κ2) is 15.0. The number of halogens is 4. The van der Waals surface area contributed by atoms with Gasteiger partial charge in [-0.25, -0.2) is 8.42 Å². The highest BCUT2D eigenvalue weighted by Crippen LogP contribution is 2.38. The lowest BCUT2D eigenvalue weighted by atomic mass is 10.0. The molecule has 2 N–H and O–H groups in total. The summed E-state index contributed by atoms with van der Waals surface area (Å²) in [6.07, 6.45) is 3.41. The summed E-state index contributed by atoms with van der Waals surface area (Å²) in [4.78, 5) is 28.2. The molecular formula is C29H29Cl2F2N3O8S. The number of aromatic nitrogens is 1. The molecule has 0 radical (unpaired) electrons. The van der Waals surface area contributed by atoms with Crippen molar-refractivity contribution >= 4 is 50.8 Å². The molecule has 1 aliphatic rings. The summed E-state index contributed by atoms with van der Waals surface area (Å²) in [7, 11) is -2.91. The number of carbonyl (C=O) groups is 2. The number of ether oxygens (including phenoxy) is 4. The number of nitrogens with zero attached hydrogens (tertiary/aromatic N) is 1. The van der Waals surface area contributed by atoms with E-state index < -0.39 is 41.2 Å². The average Bonchev–Trinajstić information content (AvgIpc) is 3.81. The largest absolute Gasteiger partial charge is 0.495 e. The minimum atomic E-state index is -4.26. The van der Waals surface area contributed by atoms with Crippen LogP contribution in [-0.2, 0) is 30.8 Å². The summed E-state index contributed by atoms with van der Waals surface area (Å²) in [6.45, 7) is -2.35. The van der Waals surface area contributed by atoms with Crippen molar-refractivity contribution < 1.29 is 45.7 Å². The maximum Gasteiger partial charge on any atom is 0.387 e. The van der Waals surface area contributed by atoms with Crippen molar-refractivity contribution in [1.29, 1.82) is 0 Å². The Labute approximate surface area is 268 Å². The van der Waals surface area contributed by atoms with Gasteiger partial charge in [-0.3, -0.25) is 14.6 Å². The van der Waals surface area contributed by atoms with Crippen LogP contribution in [0.3, 0.4) is 0 Å². The molecule has 0 aliphatic heterocycles. The van der Waals surface area contributed by atoms with E-state index in [1.807, 2.05) is 0 Å². The SMILES string of the molecule is COc1ccc(S(=O)(=O)NCC(=O)O[C@@H](Cc2c(Cl)cncc2Cl)c2ccc(OC(F)F)c(OCC3CC3)c2)cc1NC(C)=O. The van der Waals surface area contributed by atoms with Crippen molar-refractivity contribution in [2.75, 3.05) is 25.6 Å². The summed E-state index contributed by atoms with van der Waals surface area (Å²) in [6, 6.07) is 7.84. The third-order valence-electron chi connectivity index (χ3n) is 6.54. The van der Waals surface area contributed by atoms with E-state index in [1.54, 1.807) is 0 Å². The first-order valence-electron chi connectivity index (χ1n) is 13.5. The van der Waals surface area contributed by atoms with Crippen LogP contribution in [0.5, 0.6) is 17.2 Å². The van der Waals surface area contributed by atoms with Crippen LogP contribution in [0.1, 0.15) is 37.0 Å². The van der Waals surface area contributed by atoms with Crippen LogP contribution in [0, 0.1) is 5.92 Å². The van der Waals surface area contributed by atoms with Gasteiger partial charge in [0.05, 0.1) is 34.3 Å². The lowest BCUT2D eigenvalue weighted by Gasteiger charge is -2.22. The number of sulfonamides is 1. The number of alkyl halides is 2. The molecule has 11 nitrogen and oxygen atoms in total. The van der Waals surface area contributed by atoms with Crippen molar-refractivity contribution in [3.8, 4) is 17.2 Å². The molecule has 242 valence electrons. The number of amides is 1. The molecule has 45 heavy (non-hydrogen) atoms. The first kappa shape index (κ1) is 34.2. The number of carbonyl (C=O) groups excluding carboxylic acids is 2. The van der Waals surface area contributed by atoms with E-state index in [2.05, 4.69) is 19.8 Å². The number of esters is 1. The van der Waals surface area contributed by atoms with Gasteiger partial charge in [0, 0.05) is 25.7 Å². The van der Waals surface area contributed by atoms with Crippen LogP contribution in [0.2, 0.25) is 10.0 Å². The average molecular weight is 689 g/mol. The molecule has 0 bridgehead atoms. The molecule has 0 saturated heterocycles. The molecule has 1 aromatic heterocycles. The quantitative estimate of drug-likeness (QED) is 0.197. The van der Waals surface area contributed by atoms with Crippen LogP contribution in [0.15, 0.2) is 53.7 Å². The molecule has 2 aromatic carbocycles. The van der Waals surface area contributed by atoms with Gasteiger partial charge in [-0.2, -0.15) is 13.5 Å². The van der Waals surface area contributed by atoms with Crippen molar-refractivity contribution in [2.24, 2.45) is 5.92 Å². The molecule has 3 aromatic rings. The highest BCUT2D eigenvalue weighted by atomic mass is 35.5. The second-order valence-electron chi connectivity index (χ2n) is 9.97. The third kappa shape index (κ3) is 9.63. The fourth-order valence-corrected chi connectivity index (χ4v) is 5.66. The van der Waals surface area contributed by atoms with E-state index in [-0.39, 0.29) is 50.9 Å². The van der Waals surface area contributed by atoms with Gasteiger partial charge in [0.1, 0.15) is 18.4 Å². The van der Waals surface area contributed by atoms with Crippen LogP contribution in [0.25, 0.3) is 0 Å². The Bertz CT molecular complexity index is 1640. The Morgan fingerprint density at radius 2 is 1.73 bits per heavy atom. The first-order chi connectivity index (χ1) is 21.4. The van der Waals surface area contributed by atoms with E-state index in [0.717, 1.165) is 12.8 Å². The predicted molar refractivity (Wildman–Crippen MR) is 161 cm³/mol. The lowest BCUT2D eigenvalue weighted by Crippen LogP contribution is -2.31. The van der Waals surface area contributed by atoms with Crippen LogP contribution in [0.4, 0.5) is 14.5 Å². The maximum absolute atomic E-state index is 13.1. The molecule has 1 heterocycles. The van der Waals surface area contributed by atoms with E-state index in [4.69, 9.17) is 37.4 Å². The van der Waals surface area contributed by atoms with E-state index >= 15 is 0 Å². The van der Waals surface area contributed by atoms with Gasteiger partial charge in [-0.15, -0.1) is 0 Å². The number of methoxy groups -OCH3 is 1. The summed E-state index contributed by atoms with van der Waals surface area (Å²) in [5.41, 5.74) is 0.807. The van der Waals surface area contributed by atoms with Gasteiger partial charge in [0.15, 0.2) is 11.5 Å². The normalized spacial score (nSPS) is 13.7. The monoisotopic (exact) mass is 687 g/mol. The zero-order chi connectivity index (χ0) is 32.7. The molecule has 0 unspecified atom stereocenters. The van der Waals surface area contributed by atoms with Gasteiger partial charge in [0.2, 0.25) is 15.9 Å². The molecule has 4 rings (SSSR count). The van der Waals surface area contributed by atoms with Gasteiger partial charge < -0.3 is 24.3 Å². The minimum absolute atomic E-state index is 0.0165. The van der Waals surface area contributed by atoms with Gasteiger partial charge in [-0.05, 0) is 60.2 Å². The zero-order valence-corrected chi connectivity index (χ0v) is 26.3. The summed E-state index contributed by atoms with van der Waals surface area (Å²) in [5.74, 6) is -1.09. The number of pyridine rings is 1. The van der Waals surface area contributed by atoms with Crippen molar-refractivity contribution in [1.82, 2.24) is 9.71 Å². The fraction of sp³-hybridized carbons (Fsp3) is 0.345. The molecule has 1 saturated carbocycles. The predicted octanol–water partition coefficient (Wildman–Crippen LogP) is 5.55. The number of hydrogen-bond acceptors (Lipinski definition) is 9. The van der Waals surface area contributed by atoms with E-state index in [0.29, 0.717) is 17.0 Å². The molecule has 1 atom stereocenters.